The van der Waals surface area contributed by atoms with Gasteiger partial charge in [0.15, 0.2) is 5.82 Å². The van der Waals surface area contributed by atoms with Crippen molar-refractivity contribution in [1.82, 2.24) is 24.5 Å². The molecule has 8 nitrogen and oxygen atoms in total. The van der Waals surface area contributed by atoms with E-state index in [1.165, 1.54) is 21.9 Å². The Balaban J connectivity index is 1.89. The molecule has 1 saturated heterocycles. The lowest BCUT2D eigenvalue weighted by Gasteiger charge is -2.21. The maximum atomic E-state index is 12.6. The van der Waals surface area contributed by atoms with Crippen LogP contribution in [-0.2, 0) is 11.3 Å². The Kier molecular flexibility index (Phi) is 5.35. The molecule has 2 aromatic heterocycles. The van der Waals surface area contributed by atoms with Crippen LogP contribution in [0.15, 0.2) is 17.2 Å². The maximum Gasteiger partial charge on any atom is 0.350 e. The van der Waals surface area contributed by atoms with Crippen LogP contribution < -0.4 is 15.9 Å². The molecule has 2 aromatic rings. The van der Waals surface area contributed by atoms with Gasteiger partial charge in [0.05, 0.1) is 0 Å². The number of carbonyl (C=O) groups excluding carboxylic acids is 1. The Morgan fingerprint density at radius 1 is 1.28 bits per heavy atom. The molecule has 3 heterocycles. The number of hydrogen-bond acceptors (Lipinski definition) is 5. The zero-order chi connectivity index (χ0) is 17.8. The largest absolute Gasteiger partial charge is 0.353 e. The minimum absolute atomic E-state index is 0.0783. The molecule has 0 aliphatic carbocycles. The molecule has 0 aromatic carbocycles. The fourth-order valence-corrected chi connectivity index (χ4v) is 3.10. The highest BCUT2D eigenvalue weighted by Gasteiger charge is 2.19. The van der Waals surface area contributed by atoms with Crippen LogP contribution in [0.4, 0.5) is 5.82 Å². The van der Waals surface area contributed by atoms with Gasteiger partial charge in [-0.25, -0.2) is 18.9 Å². The van der Waals surface area contributed by atoms with Gasteiger partial charge >= 0.3 is 5.69 Å². The summed E-state index contributed by atoms with van der Waals surface area (Å²) in [7, 11) is 0. The number of aromatic nitrogens is 4. The molecule has 1 amide bonds. The van der Waals surface area contributed by atoms with Crippen molar-refractivity contribution in [3.8, 4) is 0 Å². The summed E-state index contributed by atoms with van der Waals surface area (Å²) in [6.45, 7) is 5.70. The van der Waals surface area contributed by atoms with Crippen LogP contribution in [0, 0.1) is 0 Å². The van der Waals surface area contributed by atoms with Crippen LogP contribution in [0.5, 0.6) is 0 Å². The van der Waals surface area contributed by atoms with Gasteiger partial charge in [-0.05, 0) is 26.2 Å². The molecule has 1 aliphatic heterocycles. The zero-order valence-electron chi connectivity index (χ0n) is 14.9. The summed E-state index contributed by atoms with van der Waals surface area (Å²) in [5, 5.41) is 7.26. The zero-order valence-corrected chi connectivity index (χ0v) is 14.9. The topological polar surface area (TPSA) is 84.5 Å². The lowest BCUT2D eigenvalue weighted by atomic mass is 10.2. The first kappa shape index (κ1) is 17.4. The molecule has 136 valence electrons. The molecule has 1 atom stereocenters. The molecule has 1 N–H and O–H groups in total. The molecule has 25 heavy (non-hydrogen) atoms. The van der Waals surface area contributed by atoms with Gasteiger partial charge in [-0.3, -0.25) is 4.79 Å². The highest BCUT2D eigenvalue weighted by molar-refractivity contribution is 5.76. The van der Waals surface area contributed by atoms with Crippen LogP contribution in [0.2, 0.25) is 0 Å². The summed E-state index contributed by atoms with van der Waals surface area (Å²) in [6.07, 6.45) is 8.74. The SMILES string of the molecule is CCC(C)NC(=O)Cn1nc2c(N3CCCCCC3)nccn2c1=O. The molecule has 1 aliphatic rings. The van der Waals surface area contributed by atoms with Gasteiger partial charge in [-0.2, -0.15) is 0 Å². The van der Waals surface area contributed by atoms with Gasteiger partial charge in [0.2, 0.25) is 11.6 Å². The van der Waals surface area contributed by atoms with Crippen molar-refractivity contribution in [3.63, 3.8) is 0 Å². The van der Waals surface area contributed by atoms with Crippen molar-refractivity contribution < 1.29 is 4.79 Å². The highest BCUT2D eigenvalue weighted by atomic mass is 16.2. The molecule has 1 unspecified atom stereocenters. The molecular weight excluding hydrogens is 320 g/mol. The van der Waals surface area contributed by atoms with E-state index in [4.69, 9.17) is 0 Å². The van der Waals surface area contributed by atoms with E-state index in [1.807, 2.05) is 13.8 Å². The lowest BCUT2D eigenvalue weighted by molar-refractivity contribution is -0.122. The van der Waals surface area contributed by atoms with Gasteiger partial charge in [-0.15, -0.1) is 5.10 Å². The van der Waals surface area contributed by atoms with Crippen molar-refractivity contribution >= 4 is 17.4 Å². The summed E-state index contributed by atoms with van der Waals surface area (Å²) in [4.78, 5) is 31.3. The van der Waals surface area contributed by atoms with E-state index < -0.39 is 0 Å². The number of anilines is 1. The average Bonchev–Trinajstić information content (AvgIpc) is 2.80. The Morgan fingerprint density at radius 2 is 2.00 bits per heavy atom. The summed E-state index contributed by atoms with van der Waals surface area (Å²) in [5.74, 6) is 0.520. The van der Waals surface area contributed by atoms with Gasteiger partial charge in [0, 0.05) is 31.5 Å². The normalized spacial score (nSPS) is 16.6. The first-order valence-electron chi connectivity index (χ1n) is 9.08. The van der Waals surface area contributed by atoms with Gasteiger partial charge in [0.1, 0.15) is 6.54 Å². The third kappa shape index (κ3) is 3.83. The molecule has 0 spiro atoms. The second kappa shape index (κ2) is 7.67. The molecule has 0 saturated carbocycles. The predicted octanol–water partition coefficient (Wildman–Crippen LogP) is 1.19. The number of amides is 1. The lowest BCUT2D eigenvalue weighted by Crippen LogP contribution is -2.37. The fraction of sp³-hybridized carbons (Fsp3) is 0.647. The Labute approximate surface area is 146 Å². The fourth-order valence-electron chi connectivity index (χ4n) is 3.10. The third-order valence-corrected chi connectivity index (χ3v) is 4.70. The predicted molar refractivity (Wildman–Crippen MR) is 95.8 cm³/mol. The first-order valence-corrected chi connectivity index (χ1v) is 9.08. The van der Waals surface area contributed by atoms with E-state index in [0.717, 1.165) is 38.2 Å². The average molecular weight is 346 g/mol. The smallest absolute Gasteiger partial charge is 0.350 e. The Morgan fingerprint density at radius 3 is 2.68 bits per heavy atom. The molecule has 8 heteroatoms. The maximum absolute atomic E-state index is 12.6. The van der Waals surface area contributed by atoms with E-state index in [9.17, 15) is 9.59 Å². The number of nitrogens with zero attached hydrogens (tertiary/aromatic N) is 5. The van der Waals surface area contributed by atoms with Crippen molar-refractivity contribution in [3.05, 3.63) is 22.9 Å². The second-order valence-electron chi connectivity index (χ2n) is 6.66. The Hall–Kier alpha value is -2.38. The van der Waals surface area contributed by atoms with E-state index in [2.05, 4.69) is 20.3 Å². The van der Waals surface area contributed by atoms with Crippen molar-refractivity contribution in [1.29, 1.82) is 0 Å². The minimum Gasteiger partial charge on any atom is -0.353 e. The highest BCUT2D eigenvalue weighted by Crippen LogP contribution is 2.20. The van der Waals surface area contributed by atoms with Crippen LogP contribution in [0.3, 0.4) is 0 Å². The second-order valence-corrected chi connectivity index (χ2v) is 6.66. The van der Waals surface area contributed by atoms with Gasteiger partial charge in [0.25, 0.3) is 0 Å². The quantitative estimate of drug-likeness (QED) is 0.879. The molecule has 1 fully saturated rings. The van der Waals surface area contributed by atoms with Crippen LogP contribution in [-0.4, -0.2) is 44.2 Å². The number of hydrogen-bond donors (Lipinski definition) is 1. The Bertz CT molecular complexity index is 788. The van der Waals surface area contributed by atoms with Gasteiger partial charge < -0.3 is 10.2 Å². The summed E-state index contributed by atoms with van der Waals surface area (Å²) in [6, 6.07) is 0.0783. The standard InChI is InChI=1S/C17H26N6O2/c1-3-13(2)19-14(24)12-23-17(25)22-11-8-18-15(16(22)20-23)21-9-6-4-5-7-10-21/h8,11,13H,3-7,9-10,12H2,1-2H3,(H,19,24). The van der Waals surface area contributed by atoms with E-state index in [-0.39, 0.29) is 24.2 Å². The van der Waals surface area contributed by atoms with Crippen LogP contribution >= 0.6 is 0 Å². The first-order chi connectivity index (χ1) is 12.1. The molecule has 0 bridgehead atoms. The minimum atomic E-state index is -0.312. The van der Waals surface area contributed by atoms with E-state index in [1.54, 1.807) is 12.4 Å². The van der Waals surface area contributed by atoms with E-state index >= 15 is 0 Å². The molecular formula is C17H26N6O2. The van der Waals surface area contributed by atoms with Gasteiger partial charge in [-0.1, -0.05) is 19.8 Å². The number of nitrogens with one attached hydrogen (secondary N) is 1. The number of rotatable bonds is 5. The molecule has 3 rings (SSSR count). The van der Waals surface area contributed by atoms with Crippen molar-refractivity contribution in [2.45, 2.75) is 58.5 Å². The molecule has 0 radical (unpaired) electrons. The van der Waals surface area contributed by atoms with Crippen LogP contribution in [0.25, 0.3) is 5.65 Å². The monoisotopic (exact) mass is 346 g/mol. The summed E-state index contributed by atoms with van der Waals surface area (Å²) >= 11 is 0. The summed E-state index contributed by atoms with van der Waals surface area (Å²) < 4.78 is 2.69. The third-order valence-electron chi connectivity index (χ3n) is 4.70. The van der Waals surface area contributed by atoms with Crippen molar-refractivity contribution in [2.24, 2.45) is 0 Å². The van der Waals surface area contributed by atoms with Crippen molar-refractivity contribution in [2.75, 3.05) is 18.0 Å². The van der Waals surface area contributed by atoms with Crippen LogP contribution in [0.1, 0.15) is 46.0 Å². The number of carbonyl (C=O) groups is 1. The summed E-state index contributed by atoms with van der Waals surface area (Å²) in [5.41, 5.74) is 0.207. The van der Waals surface area contributed by atoms with E-state index in [0.29, 0.717) is 5.65 Å². The number of fused-ring (bicyclic) bond motifs is 1.